The topological polar surface area (TPSA) is 72.6 Å². The number of aliphatic hydroxyl groups is 1. The van der Waals surface area contributed by atoms with E-state index in [1.54, 1.807) is 0 Å². The molecule has 0 aromatic rings. The zero-order valence-corrected chi connectivity index (χ0v) is 6.38. The highest BCUT2D eigenvalue weighted by Gasteiger charge is 2.39. The number of carbonyl (C=O) groups excluding carboxylic acids is 1. The number of primary amides is 1. The summed E-state index contributed by atoms with van der Waals surface area (Å²) in [6.45, 7) is 0.0489. The molecule has 11 heavy (non-hydrogen) atoms. The molecule has 0 radical (unpaired) electrons. The first-order valence-electron chi connectivity index (χ1n) is 3.78. The SMILES string of the molecule is NC(=O)OC1(CCO)CCC1. The average molecular weight is 159 g/mol. The number of hydrogen-bond acceptors (Lipinski definition) is 3. The molecule has 1 rings (SSSR count). The van der Waals surface area contributed by atoms with Gasteiger partial charge in [-0.05, 0) is 19.3 Å². The Balaban J connectivity index is 2.39. The van der Waals surface area contributed by atoms with Crippen molar-refractivity contribution in [2.24, 2.45) is 5.73 Å². The molecule has 0 saturated heterocycles. The molecule has 0 aromatic carbocycles. The van der Waals surface area contributed by atoms with Crippen molar-refractivity contribution in [2.45, 2.75) is 31.3 Å². The molecule has 1 saturated carbocycles. The number of nitrogens with two attached hydrogens (primary N) is 1. The molecule has 1 fully saturated rings. The smallest absolute Gasteiger partial charge is 0.405 e. The third kappa shape index (κ3) is 1.83. The van der Waals surface area contributed by atoms with Crippen LogP contribution in [0.2, 0.25) is 0 Å². The van der Waals surface area contributed by atoms with Crippen molar-refractivity contribution in [2.75, 3.05) is 6.61 Å². The summed E-state index contributed by atoms with van der Waals surface area (Å²) in [6, 6.07) is 0. The van der Waals surface area contributed by atoms with Gasteiger partial charge in [0.25, 0.3) is 0 Å². The molecular formula is C7H13NO3. The Morgan fingerprint density at radius 2 is 2.27 bits per heavy atom. The van der Waals surface area contributed by atoms with E-state index >= 15 is 0 Å². The average Bonchev–Trinajstić information content (AvgIpc) is 1.82. The summed E-state index contributed by atoms with van der Waals surface area (Å²) in [4.78, 5) is 10.4. The fourth-order valence-electron chi connectivity index (χ4n) is 1.39. The zero-order valence-electron chi connectivity index (χ0n) is 6.38. The van der Waals surface area contributed by atoms with Crippen molar-refractivity contribution in [1.82, 2.24) is 0 Å². The molecule has 4 heteroatoms. The molecule has 0 spiro atoms. The van der Waals surface area contributed by atoms with E-state index in [2.05, 4.69) is 0 Å². The fourth-order valence-corrected chi connectivity index (χ4v) is 1.39. The van der Waals surface area contributed by atoms with Gasteiger partial charge in [0.15, 0.2) is 0 Å². The number of amides is 1. The first-order valence-corrected chi connectivity index (χ1v) is 3.78. The lowest BCUT2D eigenvalue weighted by molar-refractivity contribution is -0.0583. The summed E-state index contributed by atoms with van der Waals surface area (Å²) in [5.41, 5.74) is 4.45. The van der Waals surface area contributed by atoms with Crippen LogP contribution in [0.5, 0.6) is 0 Å². The summed E-state index contributed by atoms with van der Waals surface area (Å²) in [6.07, 6.45) is 2.48. The van der Waals surface area contributed by atoms with E-state index < -0.39 is 11.7 Å². The molecule has 1 aliphatic carbocycles. The summed E-state index contributed by atoms with van der Waals surface area (Å²) < 4.78 is 4.89. The van der Waals surface area contributed by atoms with E-state index in [1.165, 1.54) is 0 Å². The third-order valence-corrected chi connectivity index (χ3v) is 2.15. The number of aliphatic hydroxyl groups excluding tert-OH is 1. The monoisotopic (exact) mass is 159 g/mol. The predicted molar refractivity (Wildman–Crippen MR) is 39.0 cm³/mol. The Morgan fingerprint density at radius 1 is 1.64 bits per heavy atom. The van der Waals surface area contributed by atoms with Crippen LogP contribution in [0.1, 0.15) is 25.7 Å². The quantitative estimate of drug-likeness (QED) is 0.625. The number of hydrogen-bond donors (Lipinski definition) is 2. The first-order chi connectivity index (χ1) is 5.18. The van der Waals surface area contributed by atoms with Crippen LogP contribution in [0, 0.1) is 0 Å². The van der Waals surface area contributed by atoms with Crippen molar-refractivity contribution in [3.8, 4) is 0 Å². The van der Waals surface area contributed by atoms with Crippen LogP contribution < -0.4 is 5.73 Å². The maximum Gasteiger partial charge on any atom is 0.405 e. The lowest BCUT2D eigenvalue weighted by atomic mass is 9.78. The highest BCUT2D eigenvalue weighted by Crippen LogP contribution is 2.38. The Labute approximate surface area is 65.3 Å². The molecule has 0 unspecified atom stereocenters. The van der Waals surface area contributed by atoms with Crippen molar-refractivity contribution < 1.29 is 14.6 Å². The van der Waals surface area contributed by atoms with Gasteiger partial charge in [-0.25, -0.2) is 4.79 Å². The minimum Gasteiger partial charge on any atom is -0.443 e. The first kappa shape index (κ1) is 8.33. The maximum atomic E-state index is 10.4. The normalized spacial score (nSPS) is 20.5. The van der Waals surface area contributed by atoms with Gasteiger partial charge in [0, 0.05) is 13.0 Å². The van der Waals surface area contributed by atoms with E-state index in [4.69, 9.17) is 15.6 Å². The summed E-state index contributed by atoms with van der Waals surface area (Å²) in [5.74, 6) is 0. The van der Waals surface area contributed by atoms with Gasteiger partial charge >= 0.3 is 6.09 Å². The molecule has 1 aliphatic rings. The molecule has 64 valence electrons. The molecule has 3 N–H and O–H groups in total. The van der Waals surface area contributed by atoms with Crippen LogP contribution in [-0.2, 0) is 4.74 Å². The van der Waals surface area contributed by atoms with Gasteiger partial charge in [-0.3, -0.25) is 0 Å². The van der Waals surface area contributed by atoms with E-state index in [9.17, 15) is 4.79 Å². The van der Waals surface area contributed by atoms with E-state index in [0.29, 0.717) is 6.42 Å². The van der Waals surface area contributed by atoms with E-state index in [1.807, 2.05) is 0 Å². The minimum absolute atomic E-state index is 0.0489. The molecule has 1 amide bonds. The summed E-state index contributed by atoms with van der Waals surface area (Å²) >= 11 is 0. The van der Waals surface area contributed by atoms with Crippen molar-refractivity contribution >= 4 is 6.09 Å². The van der Waals surface area contributed by atoms with E-state index in [0.717, 1.165) is 19.3 Å². The summed E-state index contributed by atoms with van der Waals surface area (Å²) in [5, 5.41) is 8.65. The Hall–Kier alpha value is -0.770. The van der Waals surface area contributed by atoms with Crippen LogP contribution >= 0.6 is 0 Å². The largest absolute Gasteiger partial charge is 0.443 e. The van der Waals surface area contributed by atoms with Crippen LogP contribution in [0.3, 0.4) is 0 Å². The predicted octanol–water partition coefficient (Wildman–Crippen LogP) is 0.387. The zero-order chi connectivity index (χ0) is 8.32. The molecule has 0 aliphatic heterocycles. The van der Waals surface area contributed by atoms with Crippen LogP contribution in [0.25, 0.3) is 0 Å². The maximum absolute atomic E-state index is 10.4. The Morgan fingerprint density at radius 3 is 2.55 bits per heavy atom. The van der Waals surface area contributed by atoms with Gasteiger partial charge in [-0.15, -0.1) is 0 Å². The van der Waals surface area contributed by atoms with Gasteiger partial charge in [-0.2, -0.15) is 0 Å². The van der Waals surface area contributed by atoms with Gasteiger partial charge < -0.3 is 15.6 Å². The van der Waals surface area contributed by atoms with Gasteiger partial charge in [0.2, 0.25) is 0 Å². The molecule has 0 aromatic heterocycles. The lowest BCUT2D eigenvalue weighted by Gasteiger charge is -2.39. The Kier molecular flexibility index (Phi) is 2.34. The van der Waals surface area contributed by atoms with Crippen LogP contribution in [0.15, 0.2) is 0 Å². The van der Waals surface area contributed by atoms with Crippen LogP contribution in [0.4, 0.5) is 4.79 Å². The molecule has 0 heterocycles. The van der Waals surface area contributed by atoms with Crippen LogP contribution in [-0.4, -0.2) is 23.4 Å². The van der Waals surface area contributed by atoms with Crippen molar-refractivity contribution in [1.29, 1.82) is 0 Å². The lowest BCUT2D eigenvalue weighted by Crippen LogP contribution is -2.44. The Bertz CT molecular complexity index is 154. The fraction of sp³-hybridized carbons (Fsp3) is 0.857. The second-order valence-corrected chi connectivity index (χ2v) is 2.93. The van der Waals surface area contributed by atoms with Gasteiger partial charge in [-0.1, -0.05) is 0 Å². The molecule has 0 bridgehead atoms. The highest BCUT2D eigenvalue weighted by molar-refractivity contribution is 5.65. The number of carbonyl (C=O) groups is 1. The second kappa shape index (κ2) is 3.09. The molecule has 4 nitrogen and oxygen atoms in total. The second-order valence-electron chi connectivity index (χ2n) is 2.93. The minimum atomic E-state index is -0.738. The number of rotatable bonds is 3. The van der Waals surface area contributed by atoms with Gasteiger partial charge in [0.05, 0.1) is 0 Å². The standard InChI is InChI=1S/C7H13NO3/c8-6(10)11-7(4-5-9)2-1-3-7/h9H,1-5H2,(H2,8,10). The summed E-state index contributed by atoms with van der Waals surface area (Å²) in [7, 11) is 0. The molecular weight excluding hydrogens is 146 g/mol. The van der Waals surface area contributed by atoms with Crippen molar-refractivity contribution in [3.05, 3.63) is 0 Å². The third-order valence-electron chi connectivity index (χ3n) is 2.15. The highest BCUT2D eigenvalue weighted by atomic mass is 16.6. The molecule has 0 atom stereocenters. The van der Waals surface area contributed by atoms with E-state index in [-0.39, 0.29) is 6.61 Å². The van der Waals surface area contributed by atoms with Crippen molar-refractivity contribution in [3.63, 3.8) is 0 Å². The number of ether oxygens (including phenoxy) is 1. The van der Waals surface area contributed by atoms with Gasteiger partial charge in [0.1, 0.15) is 5.60 Å².